The van der Waals surface area contributed by atoms with Gasteiger partial charge in [0.05, 0.1) is 17.2 Å². The Bertz CT molecular complexity index is 1550. The molecule has 0 spiro atoms. The summed E-state index contributed by atoms with van der Waals surface area (Å²) in [7, 11) is 1.56. The molecule has 9 nitrogen and oxygen atoms in total. The number of tetrazole rings is 1. The minimum atomic E-state index is -0.631. The number of carbonyl (C=O) groups is 1. The second kappa shape index (κ2) is 10.8. The summed E-state index contributed by atoms with van der Waals surface area (Å²) < 4.78 is 14.0. The van der Waals surface area contributed by atoms with Crippen LogP contribution in [0.3, 0.4) is 0 Å². The quantitative estimate of drug-likeness (QED) is 0.274. The summed E-state index contributed by atoms with van der Waals surface area (Å²) in [5.41, 5.74) is 4.40. The van der Waals surface area contributed by atoms with E-state index in [1.807, 2.05) is 74.5 Å². The highest BCUT2D eigenvalue weighted by Crippen LogP contribution is 2.43. The van der Waals surface area contributed by atoms with Gasteiger partial charge in [-0.15, -0.1) is 0 Å². The number of methoxy groups -OCH3 is 1. The van der Waals surface area contributed by atoms with E-state index in [1.54, 1.807) is 11.8 Å². The second-order valence-electron chi connectivity index (χ2n) is 8.75. The minimum absolute atomic E-state index is 0.252. The van der Waals surface area contributed by atoms with Gasteiger partial charge in [-0.25, -0.2) is 0 Å². The van der Waals surface area contributed by atoms with Crippen LogP contribution >= 0.6 is 27.5 Å². The molecule has 1 aliphatic heterocycles. The number of nitrogens with one attached hydrogen (secondary N) is 2. The molecular formula is C27H24BrClN6O3. The highest BCUT2D eigenvalue weighted by molar-refractivity contribution is 9.10. The van der Waals surface area contributed by atoms with E-state index in [4.69, 9.17) is 21.1 Å². The molecule has 4 aromatic rings. The van der Waals surface area contributed by atoms with Gasteiger partial charge >= 0.3 is 0 Å². The zero-order chi connectivity index (χ0) is 26.8. The van der Waals surface area contributed by atoms with E-state index in [0.717, 1.165) is 16.7 Å². The van der Waals surface area contributed by atoms with E-state index in [1.165, 1.54) is 0 Å². The first-order valence-corrected chi connectivity index (χ1v) is 12.9. The van der Waals surface area contributed by atoms with Crippen molar-refractivity contribution in [1.29, 1.82) is 0 Å². The molecule has 0 bridgehead atoms. The number of anilines is 2. The number of nitrogens with zero attached hydrogens (tertiary/aromatic N) is 4. The normalized spacial score (nSPS) is 14.5. The van der Waals surface area contributed by atoms with Crippen molar-refractivity contribution in [1.82, 2.24) is 20.2 Å². The molecule has 38 heavy (non-hydrogen) atoms. The van der Waals surface area contributed by atoms with Crippen molar-refractivity contribution in [2.75, 3.05) is 17.7 Å². The van der Waals surface area contributed by atoms with E-state index < -0.39 is 6.04 Å². The van der Waals surface area contributed by atoms with Crippen molar-refractivity contribution in [2.45, 2.75) is 26.5 Å². The molecule has 0 saturated carbocycles. The Morgan fingerprint density at radius 2 is 1.97 bits per heavy atom. The average Bonchev–Trinajstić information content (AvgIpc) is 3.35. The van der Waals surface area contributed by atoms with Crippen LogP contribution < -0.4 is 20.1 Å². The van der Waals surface area contributed by atoms with Crippen LogP contribution in [0.1, 0.15) is 29.7 Å². The first-order chi connectivity index (χ1) is 18.4. The Morgan fingerprint density at radius 1 is 1.16 bits per heavy atom. The van der Waals surface area contributed by atoms with Crippen LogP contribution in [0.4, 0.5) is 11.6 Å². The zero-order valence-electron chi connectivity index (χ0n) is 20.8. The summed E-state index contributed by atoms with van der Waals surface area (Å²) in [4.78, 5) is 13.6. The molecule has 2 N–H and O–H groups in total. The molecule has 1 aliphatic rings. The Hall–Kier alpha value is -3.89. The summed E-state index contributed by atoms with van der Waals surface area (Å²) >= 11 is 9.93. The molecule has 194 valence electrons. The number of hydrogen-bond acceptors (Lipinski definition) is 7. The third kappa shape index (κ3) is 5.09. The summed E-state index contributed by atoms with van der Waals surface area (Å²) in [6.07, 6.45) is 0. The average molecular weight is 596 g/mol. The van der Waals surface area contributed by atoms with Crippen LogP contribution in [-0.2, 0) is 11.4 Å². The van der Waals surface area contributed by atoms with Gasteiger partial charge in [0.1, 0.15) is 12.6 Å². The fraction of sp³-hybridized carbons (Fsp3) is 0.185. The van der Waals surface area contributed by atoms with Gasteiger partial charge in [0.25, 0.3) is 5.91 Å². The van der Waals surface area contributed by atoms with Gasteiger partial charge in [-0.3, -0.25) is 4.79 Å². The van der Waals surface area contributed by atoms with Crippen molar-refractivity contribution in [3.8, 4) is 11.5 Å². The number of hydrogen-bond donors (Lipinski definition) is 2. The molecule has 1 unspecified atom stereocenters. The number of benzene rings is 3. The van der Waals surface area contributed by atoms with Crippen LogP contribution in [0.25, 0.3) is 0 Å². The predicted octanol–water partition coefficient (Wildman–Crippen LogP) is 5.91. The van der Waals surface area contributed by atoms with E-state index >= 15 is 0 Å². The largest absolute Gasteiger partial charge is 0.493 e. The molecular weight excluding hydrogens is 572 g/mol. The first-order valence-electron chi connectivity index (χ1n) is 11.7. The Labute approximate surface area is 232 Å². The molecule has 1 amide bonds. The molecule has 1 aromatic heterocycles. The molecule has 0 aliphatic carbocycles. The third-order valence-corrected chi connectivity index (χ3v) is 7.09. The maximum absolute atomic E-state index is 13.6. The number of carbonyl (C=O) groups excluding carboxylic acids is 1. The number of fused-ring (bicyclic) bond motifs is 1. The number of rotatable bonds is 7. The fourth-order valence-electron chi connectivity index (χ4n) is 4.34. The van der Waals surface area contributed by atoms with Gasteiger partial charge < -0.3 is 20.1 Å². The van der Waals surface area contributed by atoms with Gasteiger partial charge in [0.15, 0.2) is 11.5 Å². The molecule has 5 rings (SSSR count). The lowest BCUT2D eigenvalue weighted by Crippen LogP contribution is -2.31. The Kier molecular flexibility index (Phi) is 7.35. The first kappa shape index (κ1) is 25.7. The van der Waals surface area contributed by atoms with Gasteiger partial charge in [0.2, 0.25) is 5.95 Å². The maximum atomic E-state index is 13.6. The lowest BCUT2D eigenvalue weighted by Gasteiger charge is -2.28. The number of halogens is 2. The molecule has 0 radical (unpaired) electrons. The number of ether oxygens (including phenoxy) is 2. The topological polar surface area (TPSA) is 103 Å². The van der Waals surface area contributed by atoms with Gasteiger partial charge in [-0.1, -0.05) is 47.0 Å². The Balaban J connectivity index is 1.52. The molecule has 0 fully saturated rings. The monoisotopic (exact) mass is 594 g/mol. The Morgan fingerprint density at radius 3 is 2.74 bits per heavy atom. The van der Waals surface area contributed by atoms with Gasteiger partial charge in [-0.05, 0) is 81.7 Å². The summed E-state index contributed by atoms with van der Waals surface area (Å²) in [6.45, 7) is 4.04. The molecule has 11 heteroatoms. The summed E-state index contributed by atoms with van der Waals surface area (Å²) in [5.74, 6) is 1.13. The van der Waals surface area contributed by atoms with Crippen LogP contribution in [0, 0.1) is 6.92 Å². The van der Waals surface area contributed by atoms with Crippen LogP contribution in [0.2, 0.25) is 5.02 Å². The maximum Gasteiger partial charge on any atom is 0.255 e. The minimum Gasteiger partial charge on any atom is -0.493 e. The number of aryl methyl sites for hydroxylation is 1. The highest BCUT2D eigenvalue weighted by Gasteiger charge is 2.35. The fourth-order valence-corrected chi connectivity index (χ4v) is 5.10. The molecule has 0 saturated heterocycles. The van der Waals surface area contributed by atoms with Gasteiger partial charge in [0, 0.05) is 22.0 Å². The van der Waals surface area contributed by atoms with E-state index in [2.05, 4.69) is 42.1 Å². The highest BCUT2D eigenvalue weighted by atomic mass is 79.9. The van der Waals surface area contributed by atoms with E-state index in [-0.39, 0.29) is 12.5 Å². The van der Waals surface area contributed by atoms with Crippen molar-refractivity contribution in [3.63, 3.8) is 0 Å². The molecule has 2 heterocycles. The zero-order valence-corrected chi connectivity index (χ0v) is 23.2. The number of amides is 1. The van der Waals surface area contributed by atoms with E-state index in [0.29, 0.717) is 43.9 Å². The predicted molar refractivity (Wildman–Crippen MR) is 149 cm³/mol. The van der Waals surface area contributed by atoms with Crippen molar-refractivity contribution >= 4 is 45.1 Å². The second-order valence-corrected chi connectivity index (χ2v) is 10.0. The third-order valence-electron chi connectivity index (χ3n) is 6.13. The summed E-state index contributed by atoms with van der Waals surface area (Å²) in [5, 5.41) is 18.8. The van der Waals surface area contributed by atoms with Crippen molar-refractivity contribution in [3.05, 3.63) is 98.1 Å². The van der Waals surface area contributed by atoms with Crippen molar-refractivity contribution in [2.24, 2.45) is 0 Å². The number of allylic oxidation sites excluding steroid dienone is 1. The lowest BCUT2D eigenvalue weighted by molar-refractivity contribution is -0.113. The van der Waals surface area contributed by atoms with Crippen LogP contribution in [-0.4, -0.2) is 33.2 Å². The summed E-state index contributed by atoms with van der Waals surface area (Å²) in [6, 6.07) is 18.2. The van der Waals surface area contributed by atoms with Crippen LogP contribution in [0.5, 0.6) is 11.5 Å². The smallest absolute Gasteiger partial charge is 0.255 e. The number of aromatic nitrogens is 4. The van der Waals surface area contributed by atoms with Crippen LogP contribution in [0.15, 0.2) is 76.4 Å². The molecule has 1 atom stereocenters. The van der Waals surface area contributed by atoms with Crippen molar-refractivity contribution < 1.29 is 14.3 Å². The SMILES string of the molecule is COc1cc(C2C(C(=O)Nc3cccc(C)c3)=C(C)Nc3nnnn32)cc(Br)c1OCc1ccccc1Cl. The van der Waals surface area contributed by atoms with Gasteiger partial charge in [-0.2, -0.15) is 4.68 Å². The lowest BCUT2D eigenvalue weighted by atomic mass is 9.94. The van der Waals surface area contributed by atoms with E-state index in [9.17, 15) is 4.79 Å². The standard InChI is InChI=1S/C27H24BrClN6O3/c1-15-7-6-9-19(11-15)31-26(36)23-16(2)30-27-32-33-34-35(27)24(23)18-12-20(28)25(22(13-18)37-3)38-14-17-8-4-5-10-21(17)29/h4-13,24H,14H2,1-3H3,(H,31,36)(H,30,32,34). The molecule has 3 aromatic carbocycles.